The van der Waals surface area contributed by atoms with Crippen molar-refractivity contribution in [3.63, 3.8) is 0 Å². The molecule has 1 aromatic heterocycles. The number of carbonyl (C=O) groups is 2. The number of nitrogens with zero attached hydrogens (tertiary/aromatic N) is 2. The Morgan fingerprint density at radius 2 is 1.95 bits per heavy atom. The van der Waals surface area contributed by atoms with E-state index in [4.69, 9.17) is 0 Å². The molecule has 0 saturated carbocycles. The van der Waals surface area contributed by atoms with Crippen LogP contribution in [0.2, 0.25) is 0 Å². The molecule has 0 unspecified atom stereocenters. The first kappa shape index (κ1) is 14.7. The van der Waals surface area contributed by atoms with Crippen molar-refractivity contribution in [1.82, 2.24) is 4.98 Å². The largest absolute Gasteiger partial charge is 0.321 e. The molecule has 2 amide bonds. The Labute approximate surface area is 136 Å². The molecule has 6 heteroatoms. The van der Waals surface area contributed by atoms with E-state index in [2.05, 4.69) is 26.2 Å². The summed E-state index contributed by atoms with van der Waals surface area (Å²) in [6.45, 7) is 0.745. The Morgan fingerprint density at radius 1 is 1.18 bits per heavy atom. The molecule has 0 spiro atoms. The zero-order valence-electron chi connectivity index (χ0n) is 11.8. The number of aromatic nitrogens is 1. The average molecular weight is 360 g/mol. The van der Waals surface area contributed by atoms with Gasteiger partial charge in [-0.3, -0.25) is 9.59 Å². The maximum Gasteiger partial charge on any atom is 0.255 e. The van der Waals surface area contributed by atoms with Crippen LogP contribution in [0.1, 0.15) is 23.2 Å². The van der Waals surface area contributed by atoms with Gasteiger partial charge in [-0.05, 0) is 58.7 Å². The van der Waals surface area contributed by atoms with Gasteiger partial charge in [-0.25, -0.2) is 4.98 Å². The summed E-state index contributed by atoms with van der Waals surface area (Å²) in [5.41, 5.74) is 2.01. The molecule has 1 aromatic carbocycles. The van der Waals surface area contributed by atoms with Crippen LogP contribution >= 0.6 is 15.9 Å². The lowest BCUT2D eigenvalue weighted by molar-refractivity contribution is -0.117. The Kier molecular flexibility index (Phi) is 4.20. The van der Waals surface area contributed by atoms with E-state index in [1.807, 2.05) is 0 Å². The molecule has 5 nitrogen and oxygen atoms in total. The number of halogens is 1. The van der Waals surface area contributed by atoms with E-state index in [1.165, 1.54) is 0 Å². The van der Waals surface area contributed by atoms with Gasteiger partial charge >= 0.3 is 0 Å². The zero-order valence-corrected chi connectivity index (χ0v) is 13.3. The molecule has 1 fully saturated rings. The van der Waals surface area contributed by atoms with Crippen LogP contribution in [-0.4, -0.2) is 23.3 Å². The second-order valence-corrected chi connectivity index (χ2v) is 5.83. The number of hydrogen-bond acceptors (Lipinski definition) is 3. The fourth-order valence-corrected chi connectivity index (χ4v) is 2.60. The molecule has 0 bridgehead atoms. The predicted molar refractivity (Wildman–Crippen MR) is 87.9 cm³/mol. The summed E-state index contributed by atoms with van der Waals surface area (Å²) in [5, 5.41) is 2.78. The second kappa shape index (κ2) is 6.27. The van der Waals surface area contributed by atoms with E-state index in [0.717, 1.165) is 18.7 Å². The summed E-state index contributed by atoms with van der Waals surface area (Å²) in [6.07, 6.45) is 3.07. The first-order valence-electron chi connectivity index (χ1n) is 6.97. The molecule has 1 aliphatic rings. The molecular weight excluding hydrogens is 346 g/mol. The topological polar surface area (TPSA) is 62.3 Å². The number of carbonyl (C=O) groups excluding carboxylic acids is 2. The van der Waals surface area contributed by atoms with E-state index >= 15 is 0 Å². The summed E-state index contributed by atoms with van der Waals surface area (Å²) in [5.74, 6) is -0.0680. The van der Waals surface area contributed by atoms with Crippen molar-refractivity contribution in [3.05, 3.63) is 52.8 Å². The van der Waals surface area contributed by atoms with Crippen molar-refractivity contribution < 1.29 is 9.59 Å². The normalized spacial score (nSPS) is 14.2. The van der Waals surface area contributed by atoms with Crippen molar-refractivity contribution in [2.24, 2.45) is 0 Å². The number of pyridine rings is 1. The quantitative estimate of drug-likeness (QED) is 0.855. The van der Waals surface area contributed by atoms with Crippen LogP contribution < -0.4 is 10.2 Å². The lowest BCUT2D eigenvalue weighted by Gasteiger charge is -2.15. The van der Waals surface area contributed by atoms with Crippen molar-refractivity contribution in [2.75, 3.05) is 16.8 Å². The maximum absolute atomic E-state index is 12.2. The summed E-state index contributed by atoms with van der Waals surface area (Å²) in [7, 11) is 0. The van der Waals surface area contributed by atoms with Gasteiger partial charge in [0.15, 0.2) is 0 Å². The van der Waals surface area contributed by atoms with Gasteiger partial charge in [0.2, 0.25) is 5.91 Å². The number of anilines is 2. The highest BCUT2D eigenvalue weighted by atomic mass is 79.9. The summed E-state index contributed by atoms with van der Waals surface area (Å²) >= 11 is 3.25. The average Bonchev–Trinajstić information content (AvgIpc) is 2.96. The fraction of sp³-hybridized carbons (Fsp3) is 0.188. The minimum Gasteiger partial charge on any atom is -0.321 e. The molecule has 0 aliphatic carbocycles. The summed E-state index contributed by atoms with van der Waals surface area (Å²) < 4.78 is 0.713. The maximum atomic E-state index is 12.2. The Balaban J connectivity index is 1.70. The van der Waals surface area contributed by atoms with Gasteiger partial charge in [-0.1, -0.05) is 0 Å². The first-order chi connectivity index (χ1) is 10.6. The predicted octanol–water partition coefficient (Wildman–Crippen LogP) is 3.22. The van der Waals surface area contributed by atoms with Crippen LogP contribution in [0, 0.1) is 0 Å². The zero-order chi connectivity index (χ0) is 15.5. The lowest BCUT2D eigenvalue weighted by atomic mass is 10.2. The molecule has 0 radical (unpaired) electrons. The van der Waals surface area contributed by atoms with E-state index in [-0.39, 0.29) is 11.8 Å². The number of rotatable bonds is 3. The van der Waals surface area contributed by atoms with Gasteiger partial charge in [-0.2, -0.15) is 0 Å². The smallest absolute Gasteiger partial charge is 0.255 e. The van der Waals surface area contributed by atoms with Gasteiger partial charge in [0.25, 0.3) is 5.91 Å². The number of hydrogen-bond donors (Lipinski definition) is 1. The van der Waals surface area contributed by atoms with Gasteiger partial charge in [0, 0.05) is 24.2 Å². The fourth-order valence-electron chi connectivity index (χ4n) is 2.37. The third-order valence-electron chi connectivity index (χ3n) is 3.50. The highest BCUT2D eigenvalue weighted by molar-refractivity contribution is 9.10. The Morgan fingerprint density at radius 3 is 2.55 bits per heavy atom. The van der Waals surface area contributed by atoms with Crippen LogP contribution in [0.4, 0.5) is 11.4 Å². The van der Waals surface area contributed by atoms with Gasteiger partial charge in [-0.15, -0.1) is 0 Å². The highest BCUT2D eigenvalue weighted by Crippen LogP contribution is 2.22. The number of benzene rings is 1. The molecule has 0 atom stereocenters. The van der Waals surface area contributed by atoms with Crippen molar-refractivity contribution >= 4 is 39.1 Å². The molecule has 22 heavy (non-hydrogen) atoms. The van der Waals surface area contributed by atoms with Crippen LogP contribution in [0.25, 0.3) is 0 Å². The molecule has 2 heterocycles. The van der Waals surface area contributed by atoms with Crippen LogP contribution in [0.5, 0.6) is 0 Å². The molecule has 2 aromatic rings. The lowest BCUT2D eigenvalue weighted by Crippen LogP contribution is -2.23. The second-order valence-electron chi connectivity index (χ2n) is 5.02. The molecular formula is C16H14BrN3O2. The molecule has 3 rings (SSSR count). The Bertz CT molecular complexity index is 698. The van der Waals surface area contributed by atoms with E-state index in [1.54, 1.807) is 47.5 Å². The van der Waals surface area contributed by atoms with Gasteiger partial charge in [0.1, 0.15) is 4.60 Å². The van der Waals surface area contributed by atoms with E-state index < -0.39 is 0 Å². The first-order valence-corrected chi connectivity index (χ1v) is 7.76. The van der Waals surface area contributed by atoms with E-state index in [9.17, 15) is 9.59 Å². The van der Waals surface area contributed by atoms with Crippen LogP contribution in [0.15, 0.2) is 47.2 Å². The SMILES string of the molecule is O=C(Nc1ccc(Br)nc1)c1ccc(N2CCCC2=O)cc1. The minimum atomic E-state index is -0.205. The van der Waals surface area contributed by atoms with E-state index in [0.29, 0.717) is 22.3 Å². The molecule has 1 N–H and O–H groups in total. The number of nitrogens with one attached hydrogen (secondary N) is 1. The van der Waals surface area contributed by atoms with Crippen molar-refractivity contribution in [2.45, 2.75) is 12.8 Å². The summed E-state index contributed by atoms with van der Waals surface area (Å²) in [4.78, 5) is 29.7. The van der Waals surface area contributed by atoms with Crippen molar-refractivity contribution in [3.8, 4) is 0 Å². The standard InChI is InChI=1S/C16H14BrN3O2/c17-14-8-5-12(10-18-14)19-16(22)11-3-6-13(7-4-11)20-9-1-2-15(20)21/h3-8,10H,1-2,9H2,(H,19,22). The Hall–Kier alpha value is -2.21. The molecule has 112 valence electrons. The third kappa shape index (κ3) is 3.17. The molecule has 1 aliphatic heterocycles. The monoisotopic (exact) mass is 359 g/mol. The third-order valence-corrected chi connectivity index (χ3v) is 3.97. The van der Waals surface area contributed by atoms with Crippen LogP contribution in [0.3, 0.4) is 0 Å². The van der Waals surface area contributed by atoms with Gasteiger partial charge in [0.05, 0.1) is 11.9 Å². The summed E-state index contributed by atoms with van der Waals surface area (Å²) in [6, 6.07) is 10.6. The minimum absolute atomic E-state index is 0.137. The van der Waals surface area contributed by atoms with Gasteiger partial charge < -0.3 is 10.2 Å². The molecule has 1 saturated heterocycles. The van der Waals surface area contributed by atoms with Crippen molar-refractivity contribution in [1.29, 1.82) is 0 Å². The highest BCUT2D eigenvalue weighted by Gasteiger charge is 2.21. The van der Waals surface area contributed by atoms with Crippen LogP contribution in [-0.2, 0) is 4.79 Å². The number of amides is 2.